The topological polar surface area (TPSA) is 68.9 Å². The van der Waals surface area contributed by atoms with Gasteiger partial charge in [0.25, 0.3) is 0 Å². The van der Waals surface area contributed by atoms with Crippen LogP contribution in [0.2, 0.25) is 0 Å². The number of rotatable bonds is 5. The first-order valence-corrected chi connectivity index (χ1v) is 6.68. The third-order valence-corrected chi connectivity index (χ3v) is 3.24. The van der Waals surface area contributed by atoms with Crippen molar-refractivity contribution in [1.82, 2.24) is 0 Å². The lowest BCUT2D eigenvalue weighted by atomic mass is 10.2. The molecule has 1 aromatic heterocycles. The summed E-state index contributed by atoms with van der Waals surface area (Å²) in [6.07, 6.45) is 0. The van der Waals surface area contributed by atoms with Crippen LogP contribution in [0.4, 0.5) is 0 Å². The molecule has 3 aromatic rings. The number of hydrogen-bond acceptors (Lipinski definition) is 4. The highest BCUT2D eigenvalue weighted by molar-refractivity contribution is 5.92. The summed E-state index contributed by atoms with van der Waals surface area (Å²) < 4.78 is 16.4. The van der Waals surface area contributed by atoms with E-state index >= 15 is 0 Å². The predicted octanol–water partition coefficient (Wildman–Crippen LogP) is 3.72. The Morgan fingerprint density at radius 2 is 1.95 bits per heavy atom. The summed E-state index contributed by atoms with van der Waals surface area (Å²) >= 11 is 0. The summed E-state index contributed by atoms with van der Waals surface area (Å²) in [6.45, 7) is 0.254. The number of ether oxygens (including phenoxy) is 2. The van der Waals surface area contributed by atoms with Gasteiger partial charge in [0.05, 0.1) is 12.7 Å². The lowest BCUT2D eigenvalue weighted by Gasteiger charge is -2.05. The molecule has 5 nitrogen and oxygen atoms in total. The molecule has 2 aromatic carbocycles. The monoisotopic (exact) mass is 298 g/mol. The standard InChI is InChI=1S/C17H14O5/c1-20-13-3-2-4-14(9-13)21-10-15-7-11-5-6-12(17(18)19)8-16(11)22-15/h2-9H,10H2,1H3,(H,18,19). The minimum Gasteiger partial charge on any atom is -0.497 e. The van der Waals surface area contributed by atoms with Crippen LogP contribution in [-0.4, -0.2) is 18.2 Å². The van der Waals surface area contributed by atoms with E-state index < -0.39 is 5.97 Å². The molecule has 0 unspecified atom stereocenters. The molecule has 0 saturated heterocycles. The fraction of sp³-hybridized carbons (Fsp3) is 0.118. The molecule has 0 amide bonds. The van der Waals surface area contributed by atoms with Crippen molar-refractivity contribution < 1.29 is 23.8 Å². The fourth-order valence-corrected chi connectivity index (χ4v) is 2.14. The zero-order valence-electron chi connectivity index (χ0n) is 11.9. The number of carboxylic acids is 1. The van der Waals surface area contributed by atoms with Crippen molar-refractivity contribution in [2.75, 3.05) is 7.11 Å². The SMILES string of the molecule is COc1cccc(OCc2cc3ccc(C(=O)O)cc3o2)c1. The maximum atomic E-state index is 10.9. The van der Waals surface area contributed by atoms with Gasteiger partial charge in [-0.2, -0.15) is 0 Å². The van der Waals surface area contributed by atoms with Gasteiger partial charge in [-0.3, -0.25) is 0 Å². The minimum atomic E-state index is -0.979. The van der Waals surface area contributed by atoms with Gasteiger partial charge in [-0.25, -0.2) is 4.79 Å². The molecule has 0 spiro atoms. The maximum absolute atomic E-state index is 10.9. The molecule has 22 heavy (non-hydrogen) atoms. The normalized spacial score (nSPS) is 10.6. The Balaban J connectivity index is 1.77. The van der Waals surface area contributed by atoms with E-state index in [0.717, 1.165) is 5.39 Å². The molecule has 0 aliphatic rings. The van der Waals surface area contributed by atoms with Crippen LogP contribution >= 0.6 is 0 Å². The average molecular weight is 298 g/mol. The third-order valence-electron chi connectivity index (χ3n) is 3.24. The van der Waals surface area contributed by atoms with Crippen LogP contribution in [-0.2, 0) is 6.61 Å². The average Bonchev–Trinajstić information content (AvgIpc) is 2.95. The van der Waals surface area contributed by atoms with Crippen molar-refractivity contribution in [3.63, 3.8) is 0 Å². The Labute approximate surface area is 126 Å². The fourth-order valence-electron chi connectivity index (χ4n) is 2.14. The van der Waals surface area contributed by atoms with E-state index in [1.165, 1.54) is 6.07 Å². The number of hydrogen-bond donors (Lipinski definition) is 1. The first kappa shape index (κ1) is 14.0. The van der Waals surface area contributed by atoms with Gasteiger partial charge in [-0.1, -0.05) is 12.1 Å². The number of carbonyl (C=O) groups is 1. The smallest absolute Gasteiger partial charge is 0.335 e. The van der Waals surface area contributed by atoms with Crippen molar-refractivity contribution in [3.05, 3.63) is 59.9 Å². The van der Waals surface area contributed by atoms with Crippen LogP contribution < -0.4 is 9.47 Å². The number of fused-ring (bicyclic) bond motifs is 1. The van der Waals surface area contributed by atoms with Crippen LogP contribution in [0, 0.1) is 0 Å². The molecule has 112 valence electrons. The second kappa shape index (κ2) is 5.81. The van der Waals surface area contributed by atoms with Crippen molar-refractivity contribution in [3.8, 4) is 11.5 Å². The van der Waals surface area contributed by atoms with Gasteiger partial charge in [0, 0.05) is 11.5 Å². The molecule has 5 heteroatoms. The number of methoxy groups -OCH3 is 1. The molecule has 3 rings (SSSR count). The number of furan rings is 1. The minimum absolute atomic E-state index is 0.196. The Bertz CT molecular complexity index is 819. The quantitative estimate of drug-likeness (QED) is 0.777. The second-order valence-corrected chi connectivity index (χ2v) is 4.74. The van der Waals surface area contributed by atoms with Crippen LogP contribution in [0.3, 0.4) is 0 Å². The number of benzene rings is 2. The van der Waals surface area contributed by atoms with Crippen molar-refractivity contribution in [2.24, 2.45) is 0 Å². The Kier molecular flexibility index (Phi) is 3.70. The van der Waals surface area contributed by atoms with Gasteiger partial charge in [-0.15, -0.1) is 0 Å². The summed E-state index contributed by atoms with van der Waals surface area (Å²) in [5.41, 5.74) is 0.728. The molecule has 1 heterocycles. The van der Waals surface area contributed by atoms with Crippen molar-refractivity contribution in [1.29, 1.82) is 0 Å². The molecular weight excluding hydrogens is 284 g/mol. The third kappa shape index (κ3) is 2.88. The van der Waals surface area contributed by atoms with E-state index in [4.69, 9.17) is 19.0 Å². The van der Waals surface area contributed by atoms with E-state index in [1.807, 2.05) is 24.3 Å². The summed E-state index contributed by atoms with van der Waals surface area (Å²) in [4.78, 5) is 10.9. The molecule has 0 atom stereocenters. The maximum Gasteiger partial charge on any atom is 0.335 e. The predicted molar refractivity (Wildman–Crippen MR) is 80.5 cm³/mol. The van der Waals surface area contributed by atoms with Gasteiger partial charge < -0.3 is 19.0 Å². The summed E-state index contributed by atoms with van der Waals surface area (Å²) in [5.74, 6) is 1.03. The van der Waals surface area contributed by atoms with Gasteiger partial charge in [-0.05, 0) is 30.3 Å². The highest BCUT2D eigenvalue weighted by atomic mass is 16.5. The van der Waals surface area contributed by atoms with Crippen LogP contribution in [0.1, 0.15) is 16.1 Å². The first-order chi connectivity index (χ1) is 10.7. The van der Waals surface area contributed by atoms with Gasteiger partial charge in [0.15, 0.2) is 0 Å². The summed E-state index contributed by atoms with van der Waals surface area (Å²) in [6, 6.07) is 13.9. The lowest BCUT2D eigenvalue weighted by Crippen LogP contribution is -1.94. The highest BCUT2D eigenvalue weighted by Crippen LogP contribution is 2.24. The van der Waals surface area contributed by atoms with Crippen LogP contribution in [0.5, 0.6) is 11.5 Å². The van der Waals surface area contributed by atoms with E-state index in [9.17, 15) is 4.79 Å². The lowest BCUT2D eigenvalue weighted by molar-refractivity contribution is 0.0697. The Morgan fingerprint density at radius 3 is 2.73 bits per heavy atom. The molecule has 0 fully saturated rings. The number of aromatic carboxylic acids is 1. The molecule has 0 bridgehead atoms. The molecular formula is C17H14O5. The Morgan fingerprint density at radius 1 is 1.14 bits per heavy atom. The molecule has 0 radical (unpaired) electrons. The Hall–Kier alpha value is -2.95. The summed E-state index contributed by atoms with van der Waals surface area (Å²) in [7, 11) is 1.60. The van der Waals surface area contributed by atoms with Crippen LogP contribution in [0.15, 0.2) is 52.9 Å². The number of carboxylic acid groups (broad SMARTS) is 1. The largest absolute Gasteiger partial charge is 0.497 e. The molecule has 0 aliphatic heterocycles. The molecule has 0 saturated carbocycles. The first-order valence-electron chi connectivity index (χ1n) is 6.68. The van der Waals surface area contributed by atoms with Crippen LogP contribution in [0.25, 0.3) is 11.0 Å². The highest BCUT2D eigenvalue weighted by Gasteiger charge is 2.09. The molecule has 0 aliphatic carbocycles. The van der Waals surface area contributed by atoms with Gasteiger partial charge in [0.1, 0.15) is 29.4 Å². The zero-order chi connectivity index (χ0) is 15.5. The zero-order valence-corrected chi connectivity index (χ0v) is 11.9. The van der Waals surface area contributed by atoms with E-state index in [1.54, 1.807) is 25.3 Å². The van der Waals surface area contributed by atoms with Crippen molar-refractivity contribution >= 4 is 16.9 Å². The molecule has 1 N–H and O–H groups in total. The van der Waals surface area contributed by atoms with E-state index in [0.29, 0.717) is 22.8 Å². The van der Waals surface area contributed by atoms with E-state index in [-0.39, 0.29) is 12.2 Å². The summed E-state index contributed by atoms with van der Waals surface area (Å²) in [5, 5.41) is 9.82. The second-order valence-electron chi connectivity index (χ2n) is 4.74. The van der Waals surface area contributed by atoms with Gasteiger partial charge >= 0.3 is 5.97 Å². The van der Waals surface area contributed by atoms with E-state index in [2.05, 4.69) is 0 Å². The van der Waals surface area contributed by atoms with Crippen molar-refractivity contribution in [2.45, 2.75) is 6.61 Å². The van der Waals surface area contributed by atoms with Gasteiger partial charge in [0.2, 0.25) is 0 Å².